The lowest BCUT2D eigenvalue weighted by atomic mass is 10.2. The highest BCUT2D eigenvalue weighted by atomic mass is 16.5. The molecule has 0 amide bonds. The second-order valence-electron chi connectivity index (χ2n) is 4.89. The van der Waals surface area contributed by atoms with Crippen molar-refractivity contribution >= 4 is 5.95 Å². The fourth-order valence-corrected chi connectivity index (χ4v) is 1.61. The van der Waals surface area contributed by atoms with Gasteiger partial charge in [0.2, 0.25) is 5.95 Å². The summed E-state index contributed by atoms with van der Waals surface area (Å²) in [7, 11) is 1.70. The molecule has 0 radical (unpaired) electrons. The summed E-state index contributed by atoms with van der Waals surface area (Å²) in [5.41, 5.74) is 2.21. The average molecular weight is 250 g/mol. The van der Waals surface area contributed by atoms with Gasteiger partial charge in [-0.05, 0) is 26.7 Å². The van der Waals surface area contributed by atoms with Gasteiger partial charge in [-0.15, -0.1) is 0 Å². The van der Waals surface area contributed by atoms with Gasteiger partial charge < -0.3 is 15.4 Å². The Hall–Kier alpha value is -1.20. The first-order chi connectivity index (χ1) is 8.69. The normalized spacial score (nSPS) is 16.6. The number of methoxy groups -OCH3 is 1. The number of rotatable bonds is 7. The van der Waals surface area contributed by atoms with Gasteiger partial charge in [-0.3, -0.25) is 0 Å². The highest BCUT2D eigenvalue weighted by molar-refractivity contribution is 5.29. The zero-order valence-corrected chi connectivity index (χ0v) is 11.4. The van der Waals surface area contributed by atoms with E-state index in [1.54, 1.807) is 7.11 Å². The Morgan fingerprint density at radius 1 is 1.50 bits per heavy atom. The van der Waals surface area contributed by atoms with E-state index in [0.717, 1.165) is 18.8 Å². The van der Waals surface area contributed by atoms with Gasteiger partial charge in [-0.2, -0.15) is 0 Å². The third-order valence-corrected chi connectivity index (χ3v) is 3.19. The second-order valence-corrected chi connectivity index (χ2v) is 4.89. The summed E-state index contributed by atoms with van der Waals surface area (Å²) >= 11 is 0. The van der Waals surface area contributed by atoms with Crippen molar-refractivity contribution in [2.75, 3.05) is 19.0 Å². The lowest BCUT2D eigenvalue weighted by Gasteiger charge is -2.12. The van der Waals surface area contributed by atoms with Gasteiger partial charge in [0, 0.05) is 43.7 Å². The van der Waals surface area contributed by atoms with Crippen LogP contribution in [0, 0.1) is 6.92 Å². The van der Waals surface area contributed by atoms with Crippen LogP contribution in [-0.2, 0) is 11.3 Å². The van der Waals surface area contributed by atoms with E-state index in [1.807, 2.05) is 20.0 Å². The van der Waals surface area contributed by atoms with Crippen molar-refractivity contribution in [2.45, 2.75) is 45.4 Å². The lowest BCUT2D eigenvalue weighted by molar-refractivity contribution is 0.128. The van der Waals surface area contributed by atoms with Gasteiger partial charge in [0.1, 0.15) is 0 Å². The monoisotopic (exact) mass is 250 g/mol. The largest absolute Gasteiger partial charge is 0.380 e. The lowest BCUT2D eigenvalue weighted by Crippen LogP contribution is -2.20. The molecule has 1 fully saturated rings. The Morgan fingerprint density at radius 2 is 2.28 bits per heavy atom. The van der Waals surface area contributed by atoms with Gasteiger partial charge in [-0.1, -0.05) is 0 Å². The number of aromatic nitrogens is 2. The van der Waals surface area contributed by atoms with E-state index in [2.05, 4.69) is 20.6 Å². The summed E-state index contributed by atoms with van der Waals surface area (Å²) in [5.74, 6) is 0.673. The van der Waals surface area contributed by atoms with Gasteiger partial charge in [-0.25, -0.2) is 9.97 Å². The van der Waals surface area contributed by atoms with Crippen molar-refractivity contribution in [1.29, 1.82) is 0 Å². The number of hydrogen-bond donors (Lipinski definition) is 2. The van der Waals surface area contributed by atoms with Crippen LogP contribution in [0.15, 0.2) is 6.20 Å². The number of aryl methyl sites for hydroxylation is 1. The van der Waals surface area contributed by atoms with E-state index < -0.39 is 0 Å². The maximum atomic E-state index is 5.17. The van der Waals surface area contributed by atoms with Gasteiger partial charge in [0.25, 0.3) is 0 Å². The molecule has 1 aromatic heterocycles. The molecule has 1 aromatic rings. The Labute approximate surface area is 108 Å². The molecule has 1 atom stereocenters. The molecule has 1 heterocycles. The van der Waals surface area contributed by atoms with Gasteiger partial charge >= 0.3 is 0 Å². The first-order valence-electron chi connectivity index (χ1n) is 6.51. The molecule has 18 heavy (non-hydrogen) atoms. The first-order valence-corrected chi connectivity index (χ1v) is 6.51. The molecule has 1 aliphatic carbocycles. The molecule has 1 saturated carbocycles. The fraction of sp³-hybridized carbons (Fsp3) is 0.692. The molecule has 2 N–H and O–H groups in total. The van der Waals surface area contributed by atoms with Crippen molar-refractivity contribution in [2.24, 2.45) is 0 Å². The summed E-state index contributed by atoms with van der Waals surface area (Å²) in [6, 6.07) is 0.713. The van der Waals surface area contributed by atoms with Crippen LogP contribution >= 0.6 is 0 Å². The minimum absolute atomic E-state index is 0.158. The third-order valence-electron chi connectivity index (χ3n) is 3.19. The molecular weight excluding hydrogens is 228 g/mol. The Balaban J connectivity index is 1.87. The highest BCUT2D eigenvalue weighted by Crippen LogP contribution is 2.19. The van der Waals surface area contributed by atoms with Crippen LogP contribution in [0.25, 0.3) is 0 Å². The van der Waals surface area contributed by atoms with Gasteiger partial charge in [0.05, 0.1) is 6.10 Å². The number of hydrogen-bond acceptors (Lipinski definition) is 5. The molecule has 2 rings (SSSR count). The quantitative estimate of drug-likeness (QED) is 0.767. The zero-order chi connectivity index (χ0) is 13.0. The molecule has 5 heteroatoms. The molecule has 1 unspecified atom stereocenters. The van der Waals surface area contributed by atoms with Gasteiger partial charge in [0.15, 0.2) is 0 Å². The predicted octanol–water partition coefficient (Wildman–Crippen LogP) is 1.48. The van der Waals surface area contributed by atoms with Crippen molar-refractivity contribution in [3.63, 3.8) is 0 Å². The van der Waals surface area contributed by atoms with E-state index in [-0.39, 0.29) is 6.10 Å². The van der Waals surface area contributed by atoms with Crippen molar-refractivity contribution < 1.29 is 4.74 Å². The topological polar surface area (TPSA) is 59.1 Å². The van der Waals surface area contributed by atoms with Crippen LogP contribution in [0.1, 0.15) is 31.0 Å². The Bertz CT molecular complexity index is 393. The van der Waals surface area contributed by atoms with Crippen molar-refractivity contribution in [3.05, 3.63) is 17.5 Å². The molecule has 100 valence electrons. The van der Waals surface area contributed by atoms with E-state index >= 15 is 0 Å². The maximum absolute atomic E-state index is 5.17. The number of nitrogens with one attached hydrogen (secondary N) is 2. The van der Waals surface area contributed by atoms with Crippen molar-refractivity contribution in [1.82, 2.24) is 15.3 Å². The molecule has 0 aliphatic heterocycles. The van der Waals surface area contributed by atoms with E-state index in [0.29, 0.717) is 12.0 Å². The van der Waals surface area contributed by atoms with Crippen LogP contribution < -0.4 is 10.6 Å². The van der Waals surface area contributed by atoms with Crippen LogP contribution in [0.5, 0.6) is 0 Å². The zero-order valence-electron chi connectivity index (χ0n) is 11.4. The van der Waals surface area contributed by atoms with Crippen LogP contribution in [0.2, 0.25) is 0 Å². The predicted molar refractivity (Wildman–Crippen MR) is 71.6 cm³/mol. The van der Waals surface area contributed by atoms with E-state index in [9.17, 15) is 0 Å². The molecule has 0 saturated heterocycles. The molecule has 0 bridgehead atoms. The summed E-state index contributed by atoms with van der Waals surface area (Å²) in [5, 5.41) is 6.65. The minimum atomic E-state index is 0.158. The standard InChI is InChI=1S/C13H22N4O/c1-9(18-3)6-15-13-16-8-11(10(2)17-13)7-14-12-4-5-12/h8-9,12,14H,4-7H2,1-3H3,(H,15,16,17). The van der Waals surface area contributed by atoms with E-state index in [1.165, 1.54) is 18.4 Å². The Morgan fingerprint density at radius 3 is 2.89 bits per heavy atom. The minimum Gasteiger partial charge on any atom is -0.380 e. The average Bonchev–Trinajstić information content (AvgIpc) is 3.18. The Kier molecular flexibility index (Phi) is 4.49. The summed E-state index contributed by atoms with van der Waals surface area (Å²) in [4.78, 5) is 8.79. The molecule has 0 aromatic carbocycles. The maximum Gasteiger partial charge on any atom is 0.222 e. The van der Waals surface area contributed by atoms with Crippen LogP contribution in [0.4, 0.5) is 5.95 Å². The van der Waals surface area contributed by atoms with E-state index in [4.69, 9.17) is 4.74 Å². The first kappa shape index (κ1) is 13.2. The molecule has 0 spiro atoms. The number of ether oxygens (including phenoxy) is 1. The molecule has 5 nitrogen and oxygen atoms in total. The SMILES string of the molecule is COC(C)CNc1ncc(CNC2CC2)c(C)n1. The number of anilines is 1. The fourth-order valence-electron chi connectivity index (χ4n) is 1.61. The van der Waals surface area contributed by atoms with Crippen molar-refractivity contribution in [3.8, 4) is 0 Å². The summed E-state index contributed by atoms with van der Waals surface area (Å²) in [6.07, 6.45) is 4.66. The number of nitrogens with zero attached hydrogens (tertiary/aromatic N) is 2. The second kappa shape index (κ2) is 6.11. The summed E-state index contributed by atoms with van der Waals surface area (Å²) < 4.78 is 5.17. The van der Waals surface area contributed by atoms with Crippen LogP contribution in [-0.4, -0.2) is 35.8 Å². The molecule has 1 aliphatic rings. The smallest absolute Gasteiger partial charge is 0.222 e. The molecular formula is C13H22N4O. The third kappa shape index (κ3) is 3.92. The highest BCUT2D eigenvalue weighted by Gasteiger charge is 2.20. The van der Waals surface area contributed by atoms with Crippen LogP contribution in [0.3, 0.4) is 0 Å². The summed E-state index contributed by atoms with van der Waals surface area (Å²) in [6.45, 7) is 5.62.